The van der Waals surface area contributed by atoms with Crippen molar-refractivity contribution in [2.45, 2.75) is 64.8 Å². The lowest BCUT2D eigenvalue weighted by molar-refractivity contribution is -0.142. The second kappa shape index (κ2) is 8.81. The van der Waals surface area contributed by atoms with Gasteiger partial charge in [-0.3, -0.25) is 4.79 Å². The van der Waals surface area contributed by atoms with Crippen molar-refractivity contribution in [1.82, 2.24) is 5.32 Å². The third-order valence-corrected chi connectivity index (χ3v) is 5.06. The molecule has 0 radical (unpaired) electrons. The molecule has 0 aliphatic carbocycles. The molecule has 0 aliphatic rings. The maximum absolute atomic E-state index is 12.7. The van der Waals surface area contributed by atoms with Gasteiger partial charge in [-0.15, -0.1) is 0 Å². The van der Waals surface area contributed by atoms with Gasteiger partial charge in [-0.25, -0.2) is 4.79 Å². The Balaban J connectivity index is 2.14. The summed E-state index contributed by atoms with van der Waals surface area (Å²) in [7, 11) is 1.34. The first kappa shape index (κ1) is 22.7. The third-order valence-electron chi connectivity index (χ3n) is 5.06. The van der Waals surface area contributed by atoms with Crippen molar-refractivity contribution in [3.05, 3.63) is 70.8 Å². The van der Waals surface area contributed by atoms with Crippen LogP contribution in [0.2, 0.25) is 0 Å². The van der Waals surface area contributed by atoms with Gasteiger partial charge in [-0.05, 0) is 39.7 Å². The van der Waals surface area contributed by atoms with Crippen LogP contribution in [0.5, 0.6) is 0 Å². The molecule has 0 fully saturated rings. The smallest absolute Gasteiger partial charge is 0.328 e. The summed E-state index contributed by atoms with van der Waals surface area (Å²) in [6.45, 7) is 12.8. The molecule has 0 saturated heterocycles. The van der Waals surface area contributed by atoms with E-state index in [0.717, 1.165) is 11.1 Å². The highest BCUT2D eigenvalue weighted by atomic mass is 16.5. The molecule has 4 heteroatoms. The van der Waals surface area contributed by atoms with Crippen LogP contribution in [0.25, 0.3) is 0 Å². The van der Waals surface area contributed by atoms with Gasteiger partial charge in [0.05, 0.1) is 7.11 Å². The maximum atomic E-state index is 12.7. The molecular formula is C25H33NO3. The van der Waals surface area contributed by atoms with Gasteiger partial charge in [-0.2, -0.15) is 0 Å². The molecule has 0 unspecified atom stereocenters. The number of esters is 1. The summed E-state index contributed by atoms with van der Waals surface area (Å²) in [5, 5.41) is 2.82. The Hall–Kier alpha value is -2.62. The number of amides is 1. The summed E-state index contributed by atoms with van der Waals surface area (Å²) in [4.78, 5) is 25.0. The Kier molecular flexibility index (Phi) is 6.89. The number of hydrogen-bond donors (Lipinski definition) is 1. The van der Waals surface area contributed by atoms with Crippen LogP contribution < -0.4 is 5.32 Å². The average Bonchev–Trinajstić information content (AvgIpc) is 2.66. The Morgan fingerprint density at radius 3 is 1.69 bits per heavy atom. The zero-order chi connectivity index (χ0) is 21.8. The standard InChI is InChI=1S/C25H33NO3/c1-24(2,3)19-12-8-17(9-13-19)16-21(23(28)29-7)26-22(27)18-10-14-20(15-11-18)25(4,5)6/h8-15,21H,16H2,1-7H3,(H,26,27)/t21-/m1/s1. The lowest BCUT2D eigenvalue weighted by Gasteiger charge is -2.21. The van der Waals surface area contributed by atoms with Crippen LogP contribution in [0.15, 0.2) is 48.5 Å². The van der Waals surface area contributed by atoms with Crippen molar-refractivity contribution in [2.75, 3.05) is 7.11 Å². The molecule has 0 aliphatic heterocycles. The molecule has 2 aromatic carbocycles. The highest BCUT2D eigenvalue weighted by molar-refractivity contribution is 5.96. The molecule has 0 saturated carbocycles. The third kappa shape index (κ3) is 6.18. The fourth-order valence-corrected chi connectivity index (χ4v) is 3.08. The first-order chi connectivity index (χ1) is 13.4. The van der Waals surface area contributed by atoms with Crippen LogP contribution >= 0.6 is 0 Å². The van der Waals surface area contributed by atoms with Crippen LogP contribution in [0.3, 0.4) is 0 Å². The van der Waals surface area contributed by atoms with E-state index in [2.05, 4.69) is 59.0 Å². The van der Waals surface area contributed by atoms with Crippen molar-refractivity contribution >= 4 is 11.9 Å². The number of ether oxygens (including phenoxy) is 1. The summed E-state index contributed by atoms with van der Waals surface area (Å²) in [5.41, 5.74) is 3.94. The molecule has 156 valence electrons. The van der Waals surface area contributed by atoms with Crippen LogP contribution in [0.1, 0.15) is 68.6 Å². The molecule has 1 atom stereocenters. The lowest BCUT2D eigenvalue weighted by Crippen LogP contribution is -2.43. The summed E-state index contributed by atoms with van der Waals surface area (Å²) in [5.74, 6) is -0.739. The van der Waals surface area contributed by atoms with E-state index < -0.39 is 12.0 Å². The molecule has 1 amide bonds. The zero-order valence-corrected chi connectivity index (χ0v) is 18.6. The van der Waals surface area contributed by atoms with Crippen molar-refractivity contribution in [1.29, 1.82) is 0 Å². The molecule has 0 heterocycles. The summed E-state index contributed by atoms with van der Waals surface area (Å²) >= 11 is 0. The van der Waals surface area contributed by atoms with Gasteiger partial charge in [0.25, 0.3) is 5.91 Å². The lowest BCUT2D eigenvalue weighted by atomic mass is 9.86. The first-order valence-corrected chi connectivity index (χ1v) is 10.0. The largest absolute Gasteiger partial charge is 0.467 e. The Bertz CT molecular complexity index is 838. The highest BCUT2D eigenvalue weighted by Crippen LogP contribution is 2.23. The molecule has 2 rings (SSSR count). The van der Waals surface area contributed by atoms with Gasteiger partial charge >= 0.3 is 5.97 Å². The topological polar surface area (TPSA) is 55.4 Å². The molecule has 1 N–H and O–H groups in total. The van der Waals surface area contributed by atoms with Gasteiger partial charge in [0.1, 0.15) is 6.04 Å². The zero-order valence-electron chi connectivity index (χ0n) is 18.6. The minimum atomic E-state index is -0.740. The molecule has 0 aromatic heterocycles. The first-order valence-electron chi connectivity index (χ1n) is 10.0. The van der Waals surface area contributed by atoms with E-state index in [1.807, 2.05) is 24.3 Å². The van der Waals surface area contributed by atoms with E-state index in [4.69, 9.17) is 4.74 Å². The second-order valence-electron chi connectivity index (χ2n) is 9.53. The molecule has 2 aromatic rings. The maximum Gasteiger partial charge on any atom is 0.328 e. The van der Waals surface area contributed by atoms with Crippen molar-refractivity contribution in [3.63, 3.8) is 0 Å². The average molecular weight is 396 g/mol. The fourth-order valence-electron chi connectivity index (χ4n) is 3.08. The Labute approximate surface area is 174 Å². The SMILES string of the molecule is COC(=O)[C@@H](Cc1ccc(C(C)(C)C)cc1)NC(=O)c1ccc(C(C)(C)C)cc1. The quantitative estimate of drug-likeness (QED) is 0.740. The normalized spacial score (nSPS) is 12.9. The second-order valence-corrected chi connectivity index (χ2v) is 9.53. The number of hydrogen-bond acceptors (Lipinski definition) is 3. The van der Waals surface area contributed by atoms with Crippen molar-refractivity contribution in [3.8, 4) is 0 Å². The van der Waals surface area contributed by atoms with E-state index in [1.165, 1.54) is 12.7 Å². The highest BCUT2D eigenvalue weighted by Gasteiger charge is 2.23. The minimum Gasteiger partial charge on any atom is -0.467 e. The number of carbonyl (C=O) groups excluding carboxylic acids is 2. The van der Waals surface area contributed by atoms with Crippen molar-refractivity contribution in [2.24, 2.45) is 0 Å². The van der Waals surface area contributed by atoms with E-state index in [9.17, 15) is 9.59 Å². The Morgan fingerprint density at radius 2 is 1.28 bits per heavy atom. The van der Waals surface area contributed by atoms with E-state index in [1.54, 1.807) is 12.1 Å². The van der Waals surface area contributed by atoms with Gasteiger partial charge in [0, 0.05) is 12.0 Å². The number of benzene rings is 2. The summed E-state index contributed by atoms with van der Waals surface area (Å²) < 4.78 is 4.91. The molecule has 0 spiro atoms. The van der Waals surface area contributed by atoms with E-state index in [-0.39, 0.29) is 16.7 Å². The fraction of sp³-hybridized carbons (Fsp3) is 0.440. The minimum absolute atomic E-state index is 0.0166. The van der Waals surface area contributed by atoms with Crippen LogP contribution in [0.4, 0.5) is 0 Å². The van der Waals surface area contributed by atoms with Gasteiger partial charge in [0.15, 0.2) is 0 Å². The van der Waals surface area contributed by atoms with Crippen molar-refractivity contribution < 1.29 is 14.3 Å². The van der Waals surface area contributed by atoms with Crippen LogP contribution in [-0.2, 0) is 26.8 Å². The summed E-state index contributed by atoms with van der Waals surface area (Å²) in [6, 6.07) is 14.9. The van der Waals surface area contributed by atoms with Crippen LogP contribution in [0, 0.1) is 0 Å². The Morgan fingerprint density at radius 1 is 0.828 bits per heavy atom. The molecule has 0 bridgehead atoms. The van der Waals surface area contributed by atoms with E-state index in [0.29, 0.717) is 12.0 Å². The predicted octanol–water partition coefficient (Wildman–Crippen LogP) is 4.80. The van der Waals surface area contributed by atoms with Gasteiger partial charge in [0.2, 0.25) is 0 Å². The number of nitrogens with one attached hydrogen (secondary N) is 1. The summed E-state index contributed by atoms with van der Waals surface area (Å²) in [6.07, 6.45) is 0.378. The van der Waals surface area contributed by atoms with Gasteiger partial charge < -0.3 is 10.1 Å². The predicted molar refractivity (Wildman–Crippen MR) is 117 cm³/mol. The molecule has 29 heavy (non-hydrogen) atoms. The van der Waals surface area contributed by atoms with E-state index >= 15 is 0 Å². The number of carbonyl (C=O) groups is 2. The number of rotatable bonds is 5. The number of methoxy groups -OCH3 is 1. The van der Waals surface area contributed by atoms with Crippen LogP contribution in [-0.4, -0.2) is 25.0 Å². The monoisotopic (exact) mass is 395 g/mol. The molecule has 4 nitrogen and oxygen atoms in total. The van der Waals surface area contributed by atoms with Gasteiger partial charge in [-0.1, -0.05) is 77.9 Å². The molecular weight excluding hydrogens is 362 g/mol.